The van der Waals surface area contributed by atoms with Crippen LogP contribution in [0.1, 0.15) is 431 Å². The van der Waals surface area contributed by atoms with Crippen LogP contribution in [0.4, 0.5) is 0 Å². The normalized spacial score (nSPS) is 13.1. The average molecular weight is 1340 g/mol. The Kier molecular flexibility index (Phi) is 77.8. The smallest absolute Gasteiger partial charge is 0.462 e. The first kappa shape index (κ1) is 91.7. The molecule has 0 aliphatic carbocycles. The highest BCUT2D eigenvalue weighted by Gasteiger charge is 2.26. The van der Waals surface area contributed by atoms with Crippen LogP contribution in [-0.2, 0) is 32.7 Å². The second-order valence-electron chi connectivity index (χ2n) is 28.0. The molecule has 0 aromatic carbocycles. The van der Waals surface area contributed by atoms with Crippen molar-refractivity contribution in [3.8, 4) is 0 Å². The molecule has 0 radical (unpaired) electrons. The van der Waals surface area contributed by atoms with E-state index in [9.17, 15) is 19.0 Å². The lowest BCUT2D eigenvalue weighted by molar-refractivity contribution is -0.161. The third-order valence-corrected chi connectivity index (χ3v) is 19.7. The molecule has 0 heterocycles. The highest BCUT2D eigenvalue weighted by atomic mass is 31.2. The van der Waals surface area contributed by atoms with Gasteiger partial charge in [-0.2, -0.15) is 0 Å². The lowest BCUT2D eigenvalue weighted by atomic mass is 10.0. The van der Waals surface area contributed by atoms with Crippen LogP contribution in [0.2, 0.25) is 0 Å². The Morgan fingerprint density at radius 2 is 0.585 bits per heavy atom. The van der Waals surface area contributed by atoms with Gasteiger partial charge in [-0.05, 0) is 57.8 Å². The molecule has 2 unspecified atom stereocenters. The number of hydrogen-bond acceptors (Lipinski definition) is 8. The van der Waals surface area contributed by atoms with E-state index in [1.165, 1.54) is 334 Å². The minimum Gasteiger partial charge on any atom is -0.462 e. The van der Waals surface area contributed by atoms with E-state index in [1.807, 2.05) is 0 Å². The molecular formula is C84H158NO8P. The predicted octanol–water partition coefficient (Wildman–Crippen LogP) is 27.7. The van der Waals surface area contributed by atoms with E-state index in [0.29, 0.717) is 6.42 Å². The summed E-state index contributed by atoms with van der Waals surface area (Å²) < 4.78 is 33.3. The molecule has 0 saturated carbocycles. The predicted molar refractivity (Wildman–Crippen MR) is 409 cm³/mol. The Balaban J connectivity index is 3.74. The van der Waals surface area contributed by atoms with Crippen molar-refractivity contribution in [1.29, 1.82) is 0 Å². The summed E-state index contributed by atoms with van der Waals surface area (Å²) in [5.74, 6) is -0.803. The second-order valence-corrected chi connectivity index (χ2v) is 29.4. The average Bonchev–Trinajstić information content (AvgIpc) is 3.26. The Labute approximate surface area is 584 Å². The van der Waals surface area contributed by atoms with Crippen LogP contribution in [0.3, 0.4) is 0 Å². The third kappa shape index (κ3) is 78.7. The first-order chi connectivity index (χ1) is 46.3. The fourth-order valence-corrected chi connectivity index (χ4v) is 13.4. The zero-order chi connectivity index (χ0) is 67.9. The molecule has 0 aromatic heterocycles. The molecule has 2 atom stereocenters. The van der Waals surface area contributed by atoms with Crippen LogP contribution in [0.25, 0.3) is 0 Å². The number of carbonyl (C=O) groups is 2. The van der Waals surface area contributed by atoms with Gasteiger partial charge in [0.2, 0.25) is 0 Å². The zero-order valence-electron chi connectivity index (χ0n) is 62.5. The molecular weight excluding hydrogens is 1180 g/mol. The highest BCUT2D eigenvalue weighted by Crippen LogP contribution is 2.43. The van der Waals surface area contributed by atoms with E-state index in [0.717, 1.165) is 64.2 Å². The van der Waals surface area contributed by atoms with Gasteiger partial charge in [0.25, 0.3) is 0 Å². The van der Waals surface area contributed by atoms with Crippen molar-refractivity contribution in [2.45, 2.75) is 437 Å². The maximum Gasteiger partial charge on any atom is 0.472 e. The summed E-state index contributed by atoms with van der Waals surface area (Å²) >= 11 is 0. The van der Waals surface area contributed by atoms with Gasteiger partial charge in [-0.15, -0.1) is 0 Å². The van der Waals surface area contributed by atoms with E-state index in [1.54, 1.807) is 0 Å². The summed E-state index contributed by atoms with van der Waals surface area (Å²) in [6, 6.07) is 0. The maximum absolute atomic E-state index is 12.8. The molecule has 94 heavy (non-hydrogen) atoms. The molecule has 0 aromatic rings. The molecule has 0 spiro atoms. The van der Waals surface area contributed by atoms with Crippen molar-refractivity contribution >= 4 is 19.8 Å². The Morgan fingerprint density at radius 3 is 0.872 bits per heavy atom. The monoisotopic (exact) mass is 1340 g/mol. The number of esters is 2. The first-order valence-electron chi connectivity index (χ1n) is 41.3. The minimum atomic E-state index is -4.40. The highest BCUT2D eigenvalue weighted by molar-refractivity contribution is 7.47. The lowest BCUT2D eigenvalue weighted by Crippen LogP contribution is -2.29. The minimum absolute atomic E-state index is 0.0553. The van der Waals surface area contributed by atoms with Gasteiger partial charge in [-0.25, -0.2) is 4.57 Å². The Morgan fingerprint density at radius 1 is 0.330 bits per heavy atom. The number of ether oxygens (including phenoxy) is 2. The summed E-state index contributed by atoms with van der Waals surface area (Å²) in [6.45, 7) is 3.71. The SMILES string of the molecule is CC/C=C\C/C=C\C/C=C\C/C=C\C/C=C\CCCCCCCCCCCCCCCCCCCCCC(=O)OC(COC(=O)CCCCCCCCCCCCCCCCCCCCCCCCCCCCCCCCCCCCCCCC)COP(=O)(O)OCCN. The second kappa shape index (κ2) is 79.7. The van der Waals surface area contributed by atoms with Gasteiger partial charge in [0.05, 0.1) is 13.2 Å². The van der Waals surface area contributed by atoms with E-state index in [4.69, 9.17) is 24.3 Å². The summed E-state index contributed by atoms with van der Waals surface area (Å²) in [4.78, 5) is 35.5. The van der Waals surface area contributed by atoms with Crippen LogP contribution in [0.15, 0.2) is 60.8 Å². The molecule has 0 bridgehead atoms. The van der Waals surface area contributed by atoms with Crippen LogP contribution in [0, 0.1) is 0 Å². The molecule has 0 aliphatic rings. The number of hydrogen-bond donors (Lipinski definition) is 2. The zero-order valence-corrected chi connectivity index (χ0v) is 63.4. The number of phosphoric ester groups is 1. The van der Waals surface area contributed by atoms with Gasteiger partial charge in [-0.3, -0.25) is 18.6 Å². The quantitative estimate of drug-likeness (QED) is 0.0264. The fourth-order valence-electron chi connectivity index (χ4n) is 12.6. The standard InChI is InChI=1S/C84H158NO8P/c1-3-5-7-9-11-13-15-17-19-21-23-25-27-29-31-33-35-37-39-40-41-43-44-46-48-50-52-54-56-58-60-62-64-66-68-70-72-74-76-83(86)90-80-82(81-92-94(88,89)91-79-78-85)93-84(87)77-75-73-71-69-67-65-63-61-59-57-55-53-51-49-47-45-42-38-36-34-32-30-28-26-24-22-20-18-16-14-12-10-8-6-4-2/h6,8,12,14,18,20,24,26,30,32,82H,3-5,7,9-11,13,15-17,19,21-23,25,27-29,31,33-81,85H2,1-2H3,(H,88,89)/b8-6-,14-12-,20-18-,26-24-,32-30-. The van der Waals surface area contributed by atoms with E-state index in [-0.39, 0.29) is 38.6 Å². The summed E-state index contributed by atoms with van der Waals surface area (Å²) in [7, 11) is -4.40. The van der Waals surface area contributed by atoms with Crippen molar-refractivity contribution in [1.82, 2.24) is 0 Å². The molecule has 0 fully saturated rings. The van der Waals surface area contributed by atoms with Gasteiger partial charge < -0.3 is 20.1 Å². The van der Waals surface area contributed by atoms with E-state index in [2.05, 4.69) is 74.6 Å². The van der Waals surface area contributed by atoms with Crippen LogP contribution in [0.5, 0.6) is 0 Å². The van der Waals surface area contributed by atoms with Crippen molar-refractivity contribution in [3.63, 3.8) is 0 Å². The fraction of sp³-hybridized carbons (Fsp3) is 0.857. The molecule has 10 heteroatoms. The molecule has 552 valence electrons. The Hall–Kier alpha value is -2.29. The van der Waals surface area contributed by atoms with Crippen LogP contribution < -0.4 is 5.73 Å². The topological polar surface area (TPSA) is 134 Å². The van der Waals surface area contributed by atoms with Crippen LogP contribution >= 0.6 is 7.82 Å². The van der Waals surface area contributed by atoms with Crippen molar-refractivity contribution in [2.75, 3.05) is 26.4 Å². The van der Waals surface area contributed by atoms with E-state index >= 15 is 0 Å². The number of nitrogens with two attached hydrogens (primary N) is 1. The number of allylic oxidation sites excluding steroid dienone is 10. The molecule has 0 rings (SSSR count). The van der Waals surface area contributed by atoms with Gasteiger partial charge in [0.1, 0.15) is 6.61 Å². The number of phosphoric acid groups is 1. The summed E-state index contributed by atoms with van der Waals surface area (Å²) in [5.41, 5.74) is 5.42. The molecule has 0 aliphatic heterocycles. The summed E-state index contributed by atoms with van der Waals surface area (Å²) in [6.07, 6.45) is 105. The van der Waals surface area contributed by atoms with Gasteiger partial charge in [0.15, 0.2) is 6.10 Å². The molecule has 9 nitrogen and oxygen atoms in total. The summed E-state index contributed by atoms with van der Waals surface area (Å²) in [5, 5.41) is 0. The largest absolute Gasteiger partial charge is 0.472 e. The molecule has 0 amide bonds. The van der Waals surface area contributed by atoms with Gasteiger partial charge in [-0.1, -0.05) is 421 Å². The van der Waals surface area contributed by atoms with Crippen molar-refractivity contribution < 1.29 is 37.6 Å². The number of unbranched alkanes of at least 4 members (excludes halogenated alkanes) is 56. The number of carbonyl (C=O) groups excluding carboxylic acids is 2. The third-order valence-electron chi connectivity index (χ3n) is 18.7. The first-order valence-corrected chi connectivity index (χ1v) is 42.8. The Bertz CT molecular complexity index is 1730. The molecule has 0 saturated heterocycles. The van der Waals surface area contributed by atoms with E-state index < -0.39 is 26.5 Å². The van der Waals surface area contributed by atoms with Crippen molar-refractivity contribution in [2.24, 2.45) is 5.73 Å². The van der Waals surface area contributed by atoms with Gasteiger partial charge in [0, 0.05) is 19.4 Å². The molecule has 3 N–H and O–H groups in total. The lowest BCUT2D eigenvalue weighted by Gasteiger charge is -2.19. The number of rotatable bonds is 79. The van der Waals surface area contributed by atoms with Crippen LogP contribution in [-0.4, -0.2) is 49.3 Å². The van der Waals surface area contributed by atoms with Crippen molar-refractivity contribution in [3.05, 3.63) is 60.8 Å². The van der Waals surface area contributed by atoms with Gasteiger partial charge >= 0.3 is 19.8 Å². The maximum atomic E-state index is 12.8.